The highest BCUT2D eigenvalue weighted by atomic mass is 32.1. The van der Waals surface area contributed by atoms with Crippen LogP contribution in [0.15, 0.2) is 41.1 Å². The summed E-state index contributed by atoms with van der Waals surface area (Å²) < 4.78 is 0. The molecule has 0 aliphatic rings. The monoisotopic (exact) mass is 314 g/mol. The zero-order chi connectivity index (χ0) is 15.9. The highest BCUT2D eigenvalue weighted by molar-refractivity contribution is 7.07. The third-order valence-electron chi connectivity index (χ3n) is 3.28. The molecule has 0 radical (unpaired) electrons. The van der Waals surface area contributed by atoms with Crippen molar-refractivity contribution in [2.24, 2.45) is 0 Å². The van der Waals surface area contributed by atoms with Crippen molar-refractivity contribution in [1.29, 1.82) is 5.26 Å². The molecule has 0 saturated heterocycles. The van der Waals surface area contributed by atoms with Crippen LogP contribution in [-0.4, -0.2) is 31.6 Å². The maximum absolute atomic E-state index is 12.0. The highest BCUT2D eigenvalue weighted by Gasteiger charge is 2.15. The molecule has 0 spiro atoms. The fourth-order valence-corrected chi connectivity index (χ4v) is 2.76. The number of hydrogen-bond acceptors (Lipinski definition) is 4. The number of carbonyl (C=O) groups excluding carboxylic acids is 1. The zero-order valence-corrected chi connectivity index (χ0v) is 13.4. The first kappa shape index (κ1) is 16.0. The van der Waals surface area contributed by atoms with Crippen LogP contribution in [0.5, 0.6) is 0 Å². The number of hydrogen-bond donors (Lipinski definition) is 2. The lowest BCUT2D eigenvalue weighted by molar-refractivity contribution is 0.243. The number of likely N-dealkylation sites (N-methyl/N-ethyl adjacent to an activating group) is 1. The van der Waals surface area contributed by atoms with Gasteiger partial charge in [0, 0.05) is 12.2 Å². The molecular weight excluding hydrogens is 296 g/mol. The lowest BCUT2D eigenvalue weighted by atomic mass is 10.1. The van der Waals surface area contributed by atoms with Gasteiger partial charge in [0.2, 0.25) is 0 Å². The molecule has 0 bridgehead atoms. The molecule has 2 aromatic rings. The standard InChI is InChI=1S/C16H18N4OS/c1-20(2)15(13-7-8-22-11-13)10-18-16(21)19-14-5-3-12(9-17)4-6-14/h3-8,11,15H,10H2,1-2H3,(H2,18,19,21)/t15-/m0/s1. The maximum Gasteiger partial charge on any atom is 0.319 e. The van der Waals surface area contributed by atoms with Gasteiger partial charge in [0.05, 0.1) is 17.7 Å². The Morgan fingerprint density at radius 1 is 1.32 bits per heavy atom. The molecule has 2 amide bonds. The van der Waals surface area contributed by atoms with Crippen molar-refractivity contribution in [3.05, 3.63) is 52.2 Å². The Labute approximate surface area is 134 Å². The Balaban J connectivity index is 1.89. The van der Waals surface area contributed by atoms with Gasteiger partial charge in [0.1, 0.15) is 0 Å². The Bertz CT molecular complexity index is 644. The fourth-order valence-electron chi connectivity index (χ4n) is 2.06. The number of urea groups is 1. The quantitative estimate of drug-likeness (QED) is 0.891. The average Bonchev–Trinajstić information content (AvgIpc) is 3.02. The summed E-state index contributed by atoms with van der Waals surface area (Å²) in [4.78, 5) is 14.0. The van der Waals surface area contributed by atoms with E-state index in [1.807, 2.05) is 25.5 Å². The molecule has 1 aromatic carbocycles. The molecule has 6 heteroatoms. The number of thiophene rings is 1. The van der Waals surface area contributed by atoms with Crippen molar-refractivity contribution in [3.63, 3.8) is 0 Å². The van der Waals surface area contributed by atoms with Gasteiger partial charge in [-0.1, -0.05) is 0 Å². The van der Waals surface area contributed by atoms with Crippen molar-refractivity contribution in [1.82, 2.24) is 10.2 Å². The van der Waals surface area contributed by atoms with Gasteiger partial charge in [0.15, 0.2) is 0 Å². The minimum atomic E-state index is -0.258. The van der Waals surface area contributed by atoms with E-state index in [-0.39, 0.29) is 12.1 Å². The Morgan fingerprint density at radius 3 is 2.59 bits per heavy atom. The van der Waals surface area contributed by atoms with E-state index in [4.69, 9.17) is 5.26 Å². The summed E-state index contributed by atoms with van der Waals surface area (Å²) in [7, 11) is 3.98. The maximum atomic E-state index is 12.0. The molecule has 0 fully saturated rings. The van der Waals surface area contributed by atoms with Crippen LogP contribution in [-0.2, 0) is 0 Å². The molecule has 114 valence electrons. The molecule has 1 heterocycles. The van der Waals surface area contributed by atoms with Crippen molar-refractivity contribution in [3.8, 4) is 6.07 Å². The second-order valence-corrected chi connectivity index (χ2v) is 5.84. The van der Waals surface area contributed by atoms with Crippen LogP contribution in [0.4, 0.5) is 10.5 Å². The van der Waals surface area contributed by atoms with Crippen LogP contribution < -0.4 is 10.6 Å². The minimum absolute atomic E-state index is 0.137. The lowest BCUT2D eigenvalue weighted by Crippen LogP contribution is -2.36. The molecule has 1 aromatic heterocycles. The number of amides is 2. The van der Waals surface area contributed by atoms with Crippen molar-refractivity contribution in [2.75, 3.05) is 26.0 Å². The molecule has 0 aliphatic heterocycles. The summed E-state index contributed by atoms with van der Waals surface area (Å²) in [6, 6.07) is 10.7. The minimum Gasteiger partial charge on any atom is -0.336 e. The third-order valence-corrected chi connectivity index (χ3v) is 3.98. The Kier molecular flexibility index (Phi) is 5.53. The van der Waals surface area contributed by atoms with Gasteiger partial charge >= 0.3 is 6.03 Å². The molecule has 0 saturated carbocycles. The van der Waals surface area contributed by atoms with Crippen LogP contribution in [0.1, 0.15) is 17.2 Å². The number of carbonyl (C=O) groups is 1. The van der Waals surface area contributed by atoms with Gasteiger partial charge in [-0.15, -0.1) is 0 Å². The van der Waals surface area contributed by atoms with E-state index < -0.39 is 0 Å². The molecule has 0 unspecified atom stereocenters. The summed E-state index contributed by atoms with van der Waals surface area (Å²) in [5.41, 5.74) is 2.41. The molecule has 2 N–H and O–H groups in total. The first-order valence-electron chi connectivity index (χ1n) is 6.83. The van der Waals surface area contributed by atoms with Crippen LogP contribution in [0, 0.1) is 11.3 Å². The number of anilines is 1. The average molecular weight is 314 g/mol. The van der Waals surface area contributed by atoms with Gasteiger partial charge in [-0.2, -0.15) is 16.6 Å². The third kappa shape index (κ3) is 4.32. The van der Waals surface area contributed by atoms with E-state index in [2.05, 4.69) is 27.0 Å². The smallest absolute Gasteiger partial charge is 0.319 e. The summed E-state index contributed by atoms with van der Waals surface area (Å²) >= 11 is 1.64. The van der Waals surface area contributed by atoms with Crippen molar-refractivity contribution < 1.29 is 4.79 Å². The van der Waals surface area contributed by atoms with Gasteiger partial charge in [-0.05, 0) is 60.8 Å². The van der Waals surface area contributed by atoms with Crippen LogP contribution >= 0.6 is 11.3 Å². The molecule has 22 heavy (non-hydrogen) atoms. The fraction of sp³-hybridized carbons (Fsp3) is 0.250. The van der Waals surface area contributed by atoms with Crippen molar-refractivity contribution in [2.45, 2.75) is 6.04 Å². The Hall–Kier alpha value is -2.36. The summed E-state index contributed by atoms with van der Waals surface area (Å²) in [5.74, 6) is 0. The van der Waals surface area contributed by atoms with E-state index in [1.165, 1.54) is 5.56 Å². The first-order chi connectivity index (χ1) is 10.6. The normalized spacial score (nSPS) is 11.7. The predicted molar refractivity (Wildman–Crippen MR) is 88.9 cm³/mol. The van der Waals surface area contributed by atoms with Gasteiger partial charge < -0.3 is 15.5 Å². The lowest BCUT2D eigenvalue weighted by Gasteiger charge is -2.24. The van der Waals surface area contributed by atoms with Crippen LogP contribution in [0.25, 0.3) is 0 Å². The van der Waals surface area contributed by atoms with E-state index in [9.17, 15) is 4.79 Å². The molecular formula is C16H18N4OS. The second kappa shape index (κ2) is 7.59. The number of benzene rings is 1. The molecule has 2 rings (SSSR count). The zero-order valence-electron chi connectivity index (χ0n) is 12.5. The number of nitrogens with one attached hydrogen (secondary N) is 2. The van der Waals surface area contributed by atoms with Crippen LogP contribution in [0.2, 0.25) is 0 Å². The van der Waals surface area contributed by atoms with E-state index in [1.54, 1.807) is 35.6 Å². The van der Waals surface area contributed by atoms with Crippen molar-refractivity contribution >= 4 is 23.1 Å². The van der Waals surface area contributed by atoms with E-state index >= 15 is 0 Å². The predicted octanol–water partition coefficient (Wildman–Crippen LogP) is 3.04. The van der Waals surface area contributed by atoms with Crippen LogP contribution in [0.3, 0.4) is 0 Å². The molecule has 1 atom stereocenters. The Morgan fingerprint density at radius 2 is 2.05 bits per heavy atom. The number of nitrogens with zero attached hydrogens (tertiary/aromatic N) is 2. The summed E-state index contributed by atoms with van der Waals surface area (Å²) in [6.07, 6.45) is 0. The van der Waals surface area contributed by atoms with Gasteiger partial charge in [-0.3, -0.25) is 0 Å². The summed E-state index contributed by atoms with van der Waals surface area (Å²) in [5, 5.41) is 18.5. The topological polar surface area (TPSA) is 68.2 Å². The van der Waals surface area contributed by atoms with E-state index in [0.29, 0.717) is 17.8 Å². The number of nitriles is 1. The van der Waals surface area contributed by atoms with Gasteiger partial charge in [-0.25, -0.2) is 4.79 Å². The van der Waals surface area contributed by atoms with E-state index in [0.717, 1.165) is 0 Å². The SMILES string of the molecule is CN(C)[C@@H](CNC(=O)Nc1ccc(C#N)cc1)c1ccsc1. The molecule has 0 aliphatic carbocycles. The largest absolute Gasteiger partial charge is 0.336 e. The number of rotatable bonds is 5. The highest BCUT2D eigenvalue weighted by Crippen LogP contribution is 2.20. The molecule has 5 nitrogen and oxygen atoms in total. The van der Waals surface area contributed by atoms with Gasteiger partial charge in [0.25, 0.3) is 0 Å². The first-order valence-corrected chi connectivity index (χ1v) is 7.78. The summed E-state index contributed by atoms with van der Waals surface area (Å²) in [6.45, 7) is 0.520. The second-order valence-electron chi connectivity index (χ2n) is 5.06.